The van der Waals surface area contributed by atoms with Crippen LogP contribution in [0.2, 0.25) is 0 Å². The van der Waals surface area contributed by atoms with Gasteiger partial charge < -0.3 is 19.1 Å². The standard InChI is InChI=1S/C18H22N4O3/c1-24-15-5-2-4-14(12-15)17(23)21-8-3-9-22(11-10-21)18-19-16(20-25-18)13-6-7-13/h2,4-5,12-13H,3,6-11H2,1H3. The maximum absolute atomic E-state index is 12.8. The van der Waals surface area contributed by atoms with E-state index in [4.69, 9.17) is 9.26 Å². The number of nitrogens with zero attached hydrogens (tertiary/aromatic N) is 4. The van der Waals surface area contributed by atoms with E-state index in [-0.39, 0.29) is 5.91 Å². The first-order valence-electron chi connectivity index (χ1n) is 8.76. The van der Waals surface area contributed by atoms with E-state index in [9.17, 15) is 4.79 Å². The summed E-state index contributed by atoms with van der Waals surface area (Å²) in [6, 6.07) is 7.87. The molecule has 1 aromatic heterocycles. The fourth-order valence-corrected chi connectivity index (χ4v) is 3.11. The first-order chi connectivity index (χ1) is 12.2. The molecular formula is C18H22N4O3. The zero-order valence-corrected chi connectivity index (χ0v) is 14.4. The van der Waals surface area contributed by atoms with Crippen LogP contribution >= 0.6 is 0 Å². The van der Waals surface area contributed by atoms with Gasteiger partial charge in [0.25, 0.3) is 5.91 Å². The van der Waals surface area contributed by atoms with E-state index >= 15 is 0 Å². The fraction of sp³-hybridized carbons (Fsp3) is 0.500. The summed E-state index contributed by atoms with van der Waals surface area (Å²) in [6.07, 6.45) is 3.18. The molecule has 1 saturated heterocycles. The molecule has 1 aliphatic carbocycles. The number of carbonyl (C=O) groups excluding carboxylic acids is 1. The maximum Gasteiger partial charge on any atom is 0.324 e. The Bertz CT molecular complexity index is 756. The minimum absolute atomic E-state index is 0.0324. The lowest BCUT2D eigenvalue weighted by Crippen LogP contribution is -2.35. The summed E-state index contributed by atoms with van der Waals surface area (Å²) in [7, 11) is 1.60. The van der Waals surface area contributed by atoms with Crippen molar-refractivity contribution in [3.05, 3.63) is 35.7 Å². The Morgan fingerprint density at radius 3 is 2.92 bits per heavy atom. The number of benzene rings is 1. The second kappa shape index (κ2) is 6.74. The van der Waals surface area contributed by atoms with Crippen LogP contribution in [0.3, 0.4) is 0 Å². The number of amides is 1. The molecule has 25 heavy (non-hydrogen) atoms. The van der Waals surface area contributed by atoms with E-state index in [0.717, 1.165) is 38.2 Å². The second-order valence-corrected chi connectivity index (χ2v) is 6.57. The number of methoxy groups -OCH3 is 1. The van der Waals surface area contributed by atoms with Crippen molar-refractivity contribution in [2.45, 2.75) is 25.2 Å². The van der Waals surface area contributed by atoms with E-state index in [0.29, 0.717) is 36.3 Å². The summed E-state index contributed by atoms with van der Waals surface area (Å²) < 4.78 is 10.6. The predicted octanol–water partition coefficient (Wildman–Crippen LogP) is 2.31. The molecule has 7 nitrogen and oxygen atoms in total. The van der Waals surface area contributed by atoms with Gasteiger partial charge in [0.1, 0.15) is 5.75 Å². The highest BCUT2D eigenvalue weighted by molar-refractivity contribution is 5.94. The van der Waals surface area contributed by atoms with Crippen molar-refractivity contribution in [1.82, 2.24) is 15.0 Å². The molecule has 1 saturated carbocycles. The third kappa shape index (κ3) is 3.45. The van der Waals surface area contributed by atoms with Gasteiger partial charge in [-0.1, -0.05) is 11.2 Å². The summed E-state index contributed by atoms with van der Waals surface area (Å²) >= 11 is 0. The van der Waals surface area contributed by atoms with E-state index in [2.05, 4.69) is 15.0 Å². The van der Waals surface area contributed by atoms with Crippen LogP contribution in [0.1, 0.15) is 41.4 Å². The van der Waals surface area contributed by atoms with E-state index < -0.39 is 0 Å². The molecule has 4 rings (SSSR count). The Hall–Kier alpha value is -2.57. The predicted molar refractivity (Wildman–Crippen MR) is 92.0 cm³/mol. The zero-order valence-electron chi connectivity index (χ0n) is 14.4. The molecule has 2 heterocycles. The van der Waals surface area contributed by atoms with Crippen molar-refractivity contribution in [2.24, 2.45) is 0 Å². The van der Waals surface area contributed by atoms with Gasteiger partial charge in [0.05, 0.1) is 7.11 Å². The van der Waals surface area contributed by atoms with Gasteiger partial charge in [-0.2, -0.15) is 4.98 Å². The monoisotopic (exact) mass is 342 g/mol. The molecule has 1 aliphatic heterocycles. The average Bonchev–Trinajstić information content (AvgIpc) is 3.44. The van der Waals surface area contributed by atoms with Crippen molar-refractivity contribution in [3.63, 3.8) is 0 Å². The number of rotatable bonds is 4. The summed E-state index contributed by atoms with van der Waals surface area (Å²) in [5.41, 5.74) is 0.654. The fourth-order valence-electron chi connectivity index (χ4n) is 3.11. The Balaban J connectivity index is 1.42. The molecule has 0 unspecified atom stereocenters. The Morgan fingerprint density at radius 1 is 1.24 bits per heavy atom. The molecule has 2 aromatic rings. The molecule has 0 radical (unpaired) electrons. The molecule has 132 valence electrons. The highest BCUT2D eigenvalue weighted by Crippen LogP contribution is 2.38. The number of anilines is 1. The van der Waals surface area contributed by atoms with Gasteiger partial charge in [-0.25, -0.2) is 0 Å². The smallest absolute Gasteiger partial charge is 0.324 e. The van der Waals surface area contributed by atoms with Crippen LogP contribution in [0.15, 0.2) is 28.8 Å². The van der Waals surface area contributed by atoms with Gasteiger partial charge >= 0.3 is 6.01 Å². The summed E-state index contributed by atoms with van der Waals surface area (Å²) in [4.78, 5) is 21.2. The van der Waals surface area contributed by atoms with Crippen LogP contribution in [0.4, 0.5) is 6.01 Å². The van der Waals surface area contributed by atoms with Crippen LogP contribution in [-0.4, -0.2) is 54.2 Å². The molecule has 0 spiro atoms. The summed E-state index contributed by atoms with van der Waals surface area (Å²) in [6.45, 7) is 2.86. The van der Waals surface area contributed by atoms with Crippen LogP contribution in [0.25, 0.3) is 0 Å². The molecule has 2 fully saturated rings. The van der Waals surface area contributed by atoms with E-state index in [1.807, 2.05) is 23.1 Å². The van der Waals surface area contributed by atoms with Crippen LogP contribution in [0, 0.1) is 0 Å². The number of aromatic nitrogens is 2. The lowest BCUT2D eigenvalue weighted by Gasteiger charge is -2.21. The van der Waals surface area contributed by atoms with Gasteiger partial charge in [-0.3, -0.25) is 4.79 Å². The lowest BCUT2D eigenvalue weighted by molar-refractivity contribution is 0.0766. The first-order valence-corrected chi connectivity index (χ1v) is 8.76. The van der Waals surface area contributed by atoms with Gasteiger partial charge in [0.2, 0.25) is 0 Å². The normalized spacial score (nSPS) is 18.1. The topological polar surface area (TPSA) is 71.7 Å². The van der Waals surface area contributed by atoms with Gasteiger partial charge in [0.15, 0.2) is 5.82 Å². The van der Waals surface area contributed by atoms with Crippen LogP contribution < -0.4 is 9.64 Å². The number of hydrogen-bond donors (Lipinski definition) is 0. The van der Waals surface area contributed by atoms with Gasteiger partial charge in [-0.05, 0) is 37.5 Å². The van der Waals surface area contributed by atoms with Crippen LogP contribution in [-0.2, 0) is 0 Å². The maximum atomic E-state index is 12.8. The highest BCUT2D eigenvalue weighted by Gasteiger charge is 2.30. The van der Waals surface area contributed by atoms with Crippen molar-refractivity contribution in [1.29, 1.82) is 0 Å². The lowest BCUT2D eigenvalue weighted by atomic mass is 10.2. The molecule has 1 aromatic carbocycles. The average molecular weight is 342 g/mol. The second-order valence-electron chi connectivity index (χ2n) is 6.57. The molecular weight excluding hydrogens is 320 g/mol. The van der Waals surface area contributed by atoms with Gasteiger partial charge in [0, 0.05) is 37.7 Å². The quantitative estimate of drug-likeness (QED) is 0.849. The van der Waals surface area contributed by atoms with Crippen molar-refractivity contribution >= 4 is 11.9 Å². The van der Waals surface area contributed by atoms with Gasteiger partial charge in [-0.15, -0.1) is 0 Å². The summed E-state index contributed by atoms with van der Waals surface area (Å²) in [5, 5.41) is 4.08. The Kier molecular flexibility index (Phi) is 4.29. The highest BCUT2D eigenvalue weighted by atomic mass is 16.5. The molecule has 2 aliphatic rings. The Morgan fingerprint density at radius 2 is 2.12 bits per heavy atom. The molecule has 0 bridgehead atoms. The van der Waals surface area contributed by atoms with Crippen molar-refractivity contribution in [3.8, 4) is 5.75 Å². The minimum atomic E-state index is 0.0324. The zero-order chi connectivity index (χ0) is 17.2. The van der Waals surface area contributed by atoms with E-state index in [1.54, 1.807) is 13.2 Å². The largest absolute Gasteiger partial charge is 0.497 e. The minimum Gasteiger partial charge on any atom is -0.497 e. The number of hydrogen-bond acceptors (Lipinski definition) is 6. The number of carbonyl (C=O) groups is 1. The molecule has 0 N–H and O–H groups in total. The molecule has 1 amide bonds. The molecule has 0 atom stereocenters. The number of ether oxygens (including phenoxy) is 1. The third-order valence-corrected chi connectivity index (χ3v) is 4.74. The van der Waals surface area contributed by atoms with E-state index in [1.165, 1.54) is 0 Å². The molecule has 7 heteroatoms. The van der Waals surface area contributed by atoms with Crippen molar-refractivity contribution in [2.75, 3.05) is 38.2 Å². The third-order valence-electron chi connectivity index (χ3n) is 4.74. The van der Waals surface area contributed by atoms with Crippen molar-refractivity contribution < 1.29 is 14.1 Å². The van der Waals surface area contributed by atoms with Crippen LogP contribution in [0.5, 0.6) is 5.75 Å². The summed E-state index contributed by atoms with van der Waals surface area (Å²) in [5.74, 6) is 2.03. The SMILES string of the molecule is COc1cccc(C(=O)N2CCCN(c3nc(C4CC4)no3)CC2)c1. The Labute approximate surface area is 146 Å². The first kappa shape index (κ1) is 15.9.